The van der Waals surface area contributed by atoms with Crippen molar-refractivity contribution in [3.63, 3.8) is 0 Å². The van der Waals surface area contributed by atoms with Crippen LogP contribution in [0.15, 0.2) is 48.6 Å². The molecule has 3 saturated carbocycles. The first kappa shape index (κ1) is 8.52. The molecule has 3 rings (SSSR count). The number of fused-ring (bicyclic) bond motifs is 3. The fraction of sp³-hybridized carbons (Fsp3) is 0.333. The van der Waals surface area contributed by atoms with Gasteiger partial charge in [-0.15, -0.1) is 0 Å². The predicted octanol–water partition coefficient (Wildman–Crippen LogP) is 2.22. The lowest BCUT2D eigenvalue weighted by atomic mass is 9.60. The van der Waals surface area contributed by atoms with Gasteiger partial charge in [0.05, 0.1) is 6.10 Å². The van der Waals surface area contributed by atoms with Gasteiger partial charge in [0.2, 0.25) is 0 Å². The van der Waals surface area contributed by atoms with Crippen LogP contribution in [0.3, 0.4) is 0 Å². The molecule has 0 saturated heterocycles. The summed E-state index contributed by atoms with van der Waals surface area (Å²) in [6, 6.07) is 0. The van der Waals surface area contributed by atoms with E-state index in [1.54, 1.807) is 0 Å². The molecule has 0 radical (unpaired) electrons. The summed E-state index contributed by atoms with van der Waals surface area (Å²) in [5.41, 5.74) is 3.96. The molecule has 1 atom stereocenters. The molecule has 0 spiro atoms. The first-order valence-corrected chi connectivity index (χ1v) is 4.48. The smallest absolute Gasteiger partial charge is 0.0658 e. The maximum Gasteiger partial charge on any atom is 0.0658 e. The summed E-state index contributed by atoms with van der Waals surface area (Å²) in [4.78, 5) is 0. The Morgan fingerprint density at radius 2 is 1.38 bits per heavy atom. The highest BCUT2D eigenvalue weighted by Gasteiger charge is 2.43. The van der Waals surface area contributed by atoms with E-state index in [2.05, 4.69) is 26.3 Å². The third-order valence-corrected chi connectivity index (χ3v) is 3.28. The lowest BCUT2D eigenvalue weighted by Gasteiger charge is -2.46. The summed E-state index contributed by atoms with van der Waals surface area (Å²) >= 11 is 0. The second-order valence-electron chi connectivity index (χ2n) is 3.93. The highest BCUT2D eigenvalue weighted by molar-refractivity contribution is 5.55. The monoisotopic (exact) mass is 174 g/mol. The lowest BCUT2D eigenvalue weighted by Crippen LogP contribution is -2.40. The molecule has 0 amide bonds. The Morgan fingerprint density at radius 1 is 0.923 bits per heavy atom. The Morgan fingerprint density at radius 3 is 1.77 bits per heavy atom. The second-order valence-corrected chi connectivity index (χ2v) is 3.93. The van der Waals surface area contributed by atoms with Crippen LogP contribution in [0.2, 0.25) is 0 Å². The average molecular weight is 174 g/mol. The number of rotatable bonds is 0. The van der Waals surface area contributed by atoms with Crippen molar-refractivity contribution in [2.45, 2.75) is 12.5 Å². The predicted molar refractivity (Wildman–Crippen MR) is 54.2 cm³/mol. The average Bonchev–Trinajstić information content (AvgIpc) is 2.07. The maximum absolute atomic E-state index is 9.77. The number of allylic oxidation sites excluding steroid dienone is 2. The van der Waals surface area contributed by atoms with E-state index in [1.165, 1.54) is 0 Å². The summed E-state index contributed by atoms with van der Waals surface area (Å²) in [5.74, 6) is 0.157. The van der Waals surface area contributed by atoms with Gasteiger partial charge >= 0.3 is 0 Å². The van der Waals surface area contributed by atoms with E-state index in [4.69, 9.17) is 0 Å². The highest BCUT2D eigenvalue weighted by atomic mass is 16.3. The van der Waals surface area contributed by atoms with E-state index in [0.717, 1.165) is 28.7 Å². The van der Waals surface area contributed by atoms with Crippen LogP contribution in [-0.4, -0.2) is 11.2 Å². The van der Waals surface area contributed by atoms with Gasteiger partial charge in [-0.3, -0.25) is 0 Å². The van der Waals surface area contributed by atoms with Crippen LogP contribution in [0, 0.1) is 11.8 Å². The largest absolute Gasteiger partial charge is 0.392 e. The SMILES string of the molecule is C=C1C(=C)C2C(=C)C(=C)C1C[C@@H]2O. The molecule has 0 aliphatic heterocycles. The van der Waals surface area contributed by atoms with Gasteiger partial charge in [-0.1, -0.05) is 26.3 Å². The zero-order valence-corrected chi connectivity index (χ0v) is 7.71. The van der Waals surface area contributed by atoms with Crippen LogP contribution in [0.25, 0.3) is 0 Å². The molecular weight excluding hydrogens is 160 g/mol. The van der Waals surface area contributed by atoms with Crippen LogP contribution in [-0.2, 0) is 0 Å². The fourth-order valence-electron chi connectivity index (χ4n) is 2.39. The zero-order chi connectivity index (χ0) is 9.75. The summed E-state index contributed by atoms with van der Waals surface area (Å²) < 4.78 is 0. The summed E-state index contributed by atoms with van der Waals surface area (Å²) in [6.45, 7) is 15.9. The van der Waals surface area contributed by atoms with Gasteiger partial charge < -0.3 is 5.11 Å². The van der Waals surface area contributed by atoms with Crippen molar-refractivity contribution in [3.8, 4) is 0 Å². The van der Waals surface area contributed by atoms with Crippen LogP contribution >= 0.6 is 0 Å². The molecule has 1 N–H and O–H groups in total. The minimum Gasteiger partial charge on any atom is -0.392 e. The maximum atomic E-state index is 9.77. The molecule has 0 aromatic rings. The van der Waals surface area contributed by atoms with E-state index in [-0.39, 0.29) is 17.9 Å². The van der Waals surface area contributed by atoms with E-state index < -0.39 is 0 Å². The molecule has 3 fully saturated rings. The van der Waals surface area contributed by atoms with Crippen LogP contribution in [0.4, 0.5) is 0 Å². The van der Waals surface area contributed by atoms with Crippen LogP contribution < -0.4 is 0 Å². The van der Waals surface area contributed by atoms with Gasteiger partial charge in [-0.25, -0.2) is 0 Å². The number of hydrogen-bond acceptors (Lipinski definition) is 1. The van der Waals surface area contributed by atoms with Gasteiger partial charge in [-0.2, -0.15) is 0 Å². The first-order valence-electron chi connectivity index (χ1n) is 4.48. The molecule has 68 valence electrons. The Kier molecular flexibility index (Phi) is 1.61. The normalized spacial score (nSPS) is 38.7. The van der Waals surface area contributed by atoms with Crippen molar-refractivity contribution >= 4 is 0 Å². The highest BCUT2D eigenvalue weighted by Crippen LogP contribution is 2.51. The third kappa shape index (κ3) is 0.909. The Hall–Kier alpha value is -1.08. The van der Waals surface area contributed by atoms with Gasteiger partial charge in [0, 0.05) is 11.8 Å². The molecule has 13 heavy (non-hydrogen) atoms. The third-order valence-electron chi connectivity index (χ3n) is 3.28. The van der Waals surface area contributed by atoms with E-state index in [9.17, 15) is 5.11 Å². The van der Waals surface area contributed by atoms with Crippen molar-refractivity contribution in [1.82, 2.24) is 0 Å². The standard InChI is InChI=1S/C12H14O/c1-6-8(3)12-9(4)7(2)10(6)5-11(12)13/h10-13H,1-5H2/t10?,11-,12?/m0/s1. The molecule has 3 aliphatic carbocycles. The van der Waals surface area contributed by atoms with Crippen molar-refractivity contribution < 1.29 is 5.11 Å². The van der Waals surface area contributed by atoms with E-state index in [1.807, 2.05) is 0 Å². The number of aliphatic hydroxyl groups is 1. The topological polar surface area (TPSA) is 20.2 Å². The number of aliphatic hydroxyl groups excluding tert-OH is 1. The van der Waals surface area contributed by atoms with E-state index in [0.29, 0.717) is 0 Å². The van der Waals surface area contributed by atoms with Crippen LogP contribution in [0.1, 0.15) is 6.42 Å². The zero-order valence-electron chi connectivity index (χ0n) is 7.71. The molecule has 0 unspecified atom stereocenters. The molecule has 3 aliphatic rings. The molecular formula is C12H14O. The summed E-state index contributed by atoms with van der Waals surface area (Å²) in [7, 11) is 0. The van der Waals surface area contributed by atoms with Crippen molar-refractivity contribution in [2.24, 2.45) is 11.8 Å². The van der Waals surface area contributed by atoms with Crippen LogP contribution in [0.5, 0.6) is 0 Å². The fourth-order valence-corrected chi connectivity index (χ4v) is 2.39. The quantitative estimate of drug-likeness (QED) is 0.597. The molecule has 0 aromatic heterocycles. The Balaban J connectivity index is 2.50. The van der Waals surface area contributed by atoms with E-state index >= 15 is 0 Å². The molecule has 0 heterocycles. The molecule has 1 heteroatoms. The minimum atomic E-state index is -0.332. The van der Waals surface area contributed by atoms with Gasteiger partial charge in [0.25, 0.3) is 0 Å². The van der Waals surface area contributed by atoms with Gasteiger partial charge in [0.1, 0.15) is 0 Å². The van der Waals surface area contributed by atoms with Gasteiger partial charge in [-0.05, 0) is 28.7 Å². The minimum absolute atomic E-state index is 0.0231. The van der Waals surface area contributed by atoms with Crippen molar-refractivity contribution in [3.05, 3.63) is 48.6 Å². The molecule has 0 aromatic carbocycles. The Bertz CT molecular complexity index is 307. The van der Waals surface area contributed by atoms with Crippen molar-refractivity contribution in [2.75, 3.05) is 0 Å². The molecule has 2 bridgehead atoms. The summed E-state index contributed by atoms with van der Waals surface area (Å²) in [6.07, 6.45) is 0.404. The first-order chi connectivity index (χ1) is 6.04. The molecule has 1 nitrogen and oxygen atoms in total. The lowest BCUT2D eigenvalue weighted by molar-refractivity contribution is 0.0984. The second kappa shape index (κ2) is 2.46. The number of hydrogen-bond donors (Lipinski definition) is 1. The van der Waals surface area contributed by atoms with Crippen molar-refractivity contribution in [1.29, 1.82) is 0 Å². The Labute approximate surface area is 78.8 Å². The summed E-state index contributed by atoms with van der Waals surface area (Å²) in [5, 5.41) is 9.77. The van der Waals surface area contributed by atoms with Gasteiger partial charge in [0.15, 0.2) is 0 Å².